The summed E-state index contributed by atoms with van der Waals surface area (Å²) in [6.45, 7) is 2.26. The third-order valence-corrected chi connectivity index (χ3v) is 4.56. The zero-order valence-corrected chi connectivity index (χ0v) is 15.4. The minimum Gasteiger partial charge on any atom is -0.474 e. The van der Waals surface area contributed by atoms with Gasteiger partial charge >= 0.3 is 0 Å². The van der Waals surface area contributed by atoms with E-state index in [1.165, 1.54) is 0 Å². The minimum atomic E-state index is -0.224. The van der Waals surface area contributed by atoms with E-state index in [-0.39, 0.29) is 18.6 Å². The Balaban J connectivity index is 1.49. The zero-order chi connectivity index (χ0) is 19.3. The van der Waals surface area contributed by atoms with Gasteiger partial charge in [-0.05, 0) is 35.2 Å². The molecule has 0 fully saturated rings. The van der Waals surface area contributed by atoms with Crippen LogP contribution in [0.4, 0.5) is 0 Å². The summed E-state index contributed by atoms with van der Waals surface area (Å²) in [4.78, 5) is 17.1. The van der Waals surface area contributed by atoms with Crippen molar-refractivity contribution in [1.29, 1.82) is 0 Å². The predicted octanol–water partition coefficient (Wildman–Crippen LogP) is 3.16. The second kappa shape index (κ2) is 7.96. The Morgan fingerprint density at radius 3 is 2.68 bits per heavy atom. The van der Waals surface area contributed by atoms with Crippen molar-refractivity contribution in [3.8, 4) is 5.88 Å². The lowest BCUT2D eigenvalue weighted by Crippen LogP contribution is -2.39. The van der Waals surface area contributed by atoms with Crippen LogP contribution in [0.2, 0.25) is 0 Å². The standard InChI is InChI=1S/C21H19N5O2/c1-2-15(13-28-21-17-9-5-6-10-18(17)24-26-25-21)23-20(27)19-16-8-4-3-7-14(16)11-12-22-19/h3-12,15H,2,13H2,1H3,(H,23,27)/t15-/m1/s1. The van der Waals surface area contributed by atoms with Crippen LogP contribution in [0.15, 0.2) is 60.8 Å². The highest BCUT2D eigenvalue weighted by Gasteiger charge is 2.17. The number of hydrogen-bond acceptors (Lipinski definition) is 6. The van der Waals surface area contributed by atoms with Crippen LogP contribution in [0.5, 0.6) is 5.88 Å². The maximum absolute atomic E-state index is 12.8. The second-order valence-electron chi connectivity index (χ2n) is 6.38. The first-order valence-corrected chi connectivity index (χ1v) is 9.11. The van der Waals surface area contributed by atoms with Crippen LogP contribution in [0.1, 0.15) is 23.8 Å². The van der Waals surface area contributed by atoms with Gasteiger partial charge in [-0.15, -0.1) is 5.10 Å². The number of amides is 1. The summed E-state index contributed by atoms with van der Waals surface area (Å²) in [6.07, 6.45) is 2.35. The van der Waals surface area contributed by atoms with E-state index in [9.17, 15) is 4.79 Å². The van der Waals surface area contributed by atoms with Crippen molar-refractivity contribution in [1.82, 2.24) is 25.7 Å². The summed E-state index contributed by atoms with van der Waals surface area (Å²) in [5.74, 6) is 0.180. The molecule has 0 radical (unpaired) electrons. The molecule has 28 heavy (non-hydrogen) atoms. The molecule has 7 nitrogen and oxygen atoms in total. The number of fused-ring (bicyclic) bond motifs is 2. The third kappa shape index (κ3) is 3.59. The van der Waals surface area contributed by atoms with Gasteiger partial charge in [0, 0.05) is 11.6 Å². The first kappa shape index (κ1) is 17.8. The molecule has 0 bridgehead atoms. The lowest BCUT2D eigenvalue weighted by Gasteiger charge is -2.18. The fraction of sp³-hybridized carbons (Fsp3) is 0.190. The monoisotopic (exact) mass is 373 g/mol. The average molecular weight is 373 g/mol. The van der Waals surface area contributed by atoms with E-state index in [4.69, 9.17) is 4.74 Å². The molecule has 4 rings (SSSR count). The van der Waals surface area contributed by atoms with E-state index < -0.39 is 0 Å². The summed E-state index contributed by atoms with van der Waals surface area (Å²) in [7, 11) is 0. The molecule has 1 N–H and O–H groups in total. The molecule has 2 aromatic carbocycles. The SMILES string of the molecule is CC[C@H](COc1nnnc2ccccc12)NC(=O)c1nccc2ccccc12. The first-order valence-electron chi connectivity index (χ1n) is 9.11. The van der Waals surface area contributed by atoms with Crippen LogP contribution in [-0.2, 0) is 0 Å². The largest absolute Gasteiger partial charge is 0.474 e. The number of carbonyl (C=O) groups is 1. The molecule has 0 saturated carbocycles. The normalized spacial score (nSPS) is 12.0. The van der Waals surface area contributed by atoms with Gasteiger partial charge in [0.1, 0.15) is 17.8 Å². The lowest BCUT2D eigenvalue weighted by molar-refractivity contribution is 0.0916. The van der Waals surface area contributed by atoms with E-state index in [0.29, 0.717) is 23.5 Å². The van der Waals surface area contributed by atoms with Gasteiger partial charge in [-0.2, -0.15) is 0 Å². The molecule has 0 aliphatic carbocycles. The summed E-state index contributed by atoms with van der Waals surface area (Å²) >= 11 is 0. The summed E-state index contributed by atoms with van der Waals surface area (Å²) < 4.78 is 5.85. The number of rotatable bonds is 6. The topological polar surface area (TPSA) is 89.9 Å². The number of benzene rings is 2. The lowest BCUT2D eigenvalue weighted by atomic mass is 10.1. The van der Waals surface area contributed by atoms with Crippen LogP contribution in [-0.4, -0.2) is 39.0 Å². The van der Waals surface area contributed by atoms with E-state index in [2.05, 4.69) is 25.7 Å². The van der Waals surface area contributed by atoms with Crippen molar-refractivity contribution < 1.29 is 9.53 Å². The molecule has 7 heteroatoms. The van der Waals surface area contributed by atoms with Crippen molar-refractivity contribution >= 4 is 27.6 Å². The van der Waals surface area contributed by atoms with Gasteiger partial charge in [-0.25, -0.2) is 0 Å². The molecule has 0 spiro atoms. The van der Waals surface area contributed by atoms with Gasteiger partial charge in [0.15, 0.2) is 0 Å². The van der Waals surface area contributed by atoms with E-state index in [1.54, 1.807) is 6.20 Å². The Bertz CT molecular complexity index is 1120. The molecule has 140 valence electrons. The molecule has 1 atom stereocenters. The van der Waals surface area contributed by atoms with Crippen molar-refractivity contribution in [2.75, 3.05) is 6.61 Å². The van der Waals surface area contributed by atoms with Gasteiger partial charge in [-0.1, -0.05) is 48.4 Å². The van der Waals surface area contributed by atoms with Gasteiger partial charge in [0.25, 0.3) is 5.91 Å². The van der Waals surface area contributed by atoms with E-state index in [1.807, 2.05) is 61.5 Å². The highest BCUT2D eigenvalue weighted by molar-refractivity contribution is 6.05. The van der Waals surface area contributed by atoms with Crippen molar-refractivity contribution in [2.45, 2.75) is 19.4 Å². The molecule has 4 aromatic rings. The first-order chi connectivity index (χ1) is 13.8. The minimum absolute atomic E-state index is 0.193. The molecular formula is C21H19N5O2. The molecule has 0 saturated heterocycles. The number of aromatic nitrogens is 4. The Hall–Kier alpha value is -3.61. The number of ether oxygens (including phenoxy) is 1. The number of nitrogens with one attached hydrogen (secondary N) is 1. The fourth-order valence-corrected chi connectivity index (χ4v) is 3.01. The Morgan fingerprint density at radius 2 is 1.82 bits per heavy atom. The van der Waals surface area contributed by atoms with Gasteiger partial charge in [0.05, 0.1) is 11.4 Å². The van der Waals surface area contributed by atoms with Gasteiger partial charge in [-0.3, -0.25) is 9.78 Å². The molecule has 2 heterocycles. The molecule has 1 amide bonds. The molecular weight excluding hydrogens is 354 g/mol. The maximum atomic E-state index is 12.8. The van der Waals surface area contributed by atoms with Crippen molar-refractivity contribution in [2.24, 2.45) is 0 Å². The Morgan fingerprint density at radius 1 is 1.04 bits per heavy atom. The number of hydrogen-bond donors (Lipinski definition) is 1. The fourth-order valence-electron chi connectivity index (χ4n) is 3.01. The van der Waals surface area contributed by atoms with Crippen LogP contribution >= 0.6 is 0 Å². The van der Waals surface area contributed by atoms with E-state index >= 15 is 0 Å². The van der Waals surface area contributed by atoms with Gasteiger partial charge in [0.2, 0.25) is 5.88 Å². The second-order valence-corrected chi connectivity index (χ2v) is 6.38. The van der Waals surface area contributed by atoms with Crippen LogP contribution in [0.25, 0.3) is 21.7 Å². The van der Waals surface area contributed by atoms with Gasteiger partial charge < -0.3 is 10.1 Å². The zero-order valence-electron chi connectivity index (χ0n) is 15.4. The molecule has 0 unspecified atom stereocenters. The summed E-state index contributed by atoms with van der Waals surface area (Å²) in [5, 5.41) is 17.3. The predicted molar refractivity (Wildman–Crippen MR) is 106 cm³/mol. The number of pyridine rings is 1. The number of nitrogens with zero attached hydrogens (tertiary/aromatic N) is 4. The Labute approximate surface area is 161 Å². The van der Waals surface area contributed by atoms with Crippen molar-refractivity contribution in [3.05, 3.63) is 66.5 Å². The summed E-state index contributed by atoms with van der Waals surface area (Å²) in [5.41, 5.74) is 1.12. The van der Waals surface area contributed by atoms with Crippen molar-refractivity contribution in [3.63, 3.8) is 0 Å². The molecule has 0 aliphatic rings. The van der Waals surface area contributed by atoms with Crippen LogP contribution < -0.4 is 10.1 Å². The average Bonchev–Trinajstić information content (AvgIpc) is 2.76. The smallest absolute Gasteiger partial charge is 0.270 e. The van der Waals surface area contributed by atoms with E-state index in [0.717, 1.165) is 16.2 Å². The van der Waals surface area contributed by atoms with Crippen LogP contribution in [0.3, 0.4) is 0 Å². The quantitative estimate of drug-likeness (QED) is 0.558. The Kier molecular flexibility index (Phi) is 5.05. The summed E-state index contributed by atoms with van der Waals surface area (Å²) in [6, 6.07) is 16.9. The maximum Gasteiger partial charge on any atom is 0.270 e. The highest BCUT2D eigenvalue weighted by atomic mass is 16.5. The number of carbonyl (C=O) groups excluding carboxylic acids is 1. The molecule has 2 aromatic heterocycles. The highest BCUT2D eigenvalue weighted by Crippen LogP contribution is 2.20. The molecule has 0 aliphatic heterocycles. The third-order valence-electron chi connectivity index (χ3n) is 4.56. The van der Waals surface area contributed by atoms with Crippen LogP contribution in [0, 0.1) is 0 Å².